The Balaban J connectivity index is 2.39. The van der Waals surface area contributed by atoms with Gasteiger partial charge in [0.2, 0.25) is 0 Å². The number of hydrogen-bond acceptors (Lipinski definition) is 1. The molecular weight excluding hydrogens is 288 g/mol. The SMILES string of the molecule is CCc1ccc(-c2cc(Br)cc(CC=O)c2)cc1. The van der Waals surface area contributed by atoms with E-state index >= 15 is 0 Å². The minimum Gasteiger partial charge on any atom is -0.303 e. The summed E-state index contributed by atoms with van der Waals surface area (Å²) < 4.78 is 1.01. The number of carbonyl (C=O) groups is 1. The van der Waals surface area contributed by atoms with Crippen molar-refractivity contribution < 1.29 is 4.79 Å². The lowest BCUT2D eigenvalue weighted by molar-refractivity contribution is -0.107. The molecule has 0 aliphatic heterocycles. The Hall–Kier alpha value is -1.41. The third kappa shape index (κ3) is 3.08. The summed E-state index contributed by atoms with van der Waals surface area (Å²) in [6.07, 6.45) is 2.44. The van der Waals surface area contributed by atoms with Crippen LogP contribution >= 0.6 is 15.9 Å². The molecule has 0 radical (unpaired) electrons. The smallest absolute Gasteiger partial charge is 0.124 e. The van der Waals surface area contributed by atoms with Crippen molar-refractivity contribution in [3.8, 4) is 11.1 Å². The topological polar surface area (TPSA) is 17.1 Å². The second-order valence-electron chi connectivity index (χ2n) is 4.27. The van der Waals surface area contributed by atoms with Gasteiger partial charge in [0.1, 0.15) is 6.29 Å². The van der Waals surface area contributed by atoms with Crippen molar-refractivity contribution in [2.75, 3.05) is 0 Å². The quantitative estimate of drug-likeness (QED) is 0.764. The van der Waals surface area contributed by atoms with Crippen LogP contribution in [0, 0.1) is 0 Å². The lowest BCUT2D eigenvalue weighted by atomic mass is 10.0. The van der Waals surface area contributed by atoms with Crippen molar-refractivity contribution in [2.24, 2.45) is 0 Å². The van der Waals surface area contributed by atoms with Gasteiger partial charge in [-0.05, 0) is 40.8 Å². The first kappa shape index (κ1) is 13.0. The normalized spacial score (nSPS) is 10.3. The number of aldehydes is 1. The van der Waals surface area contributed by atoms with Crippen LogP contribution in [0.25, 0.3) is 11.1 Å². The standard InChI is InChI=1S/C16H15BrO/c1-2-12-3-5-14(6-4-12)15-9-13(7-8-18)10-16(17)11-15/h3-6,8-11H,2,7H2,1H3. The van der Waals surface area contributed by atoms with Gasteiger partial charge in [-0.3, -0.25) is 0 Å². The summed E-state index contributed by atoms with van der Waals surface area (Å²) in [4.78, 5) is 10.6. The minimum atomic E-state index is 0.458. The van der Waals surface area contributed by atoms with Crippen molar-refractivity contribution >= 4 is 22.2 Å². The zero-order valence-electron chi connectivity index (χ0n) is 10.3. The summed E-state index contributed by atoms with van der Waals surface area (Å²) in [6.45, 7) is 2.15. The van der Waals surface area contributed by atoms with Gasteiger partial charge in [0, 0.05) is 10.9 Å². The van der Waals surface area contributed by atoms with E-state index in [4.69, 9.17) is 0 Å². The zero-order chi connectivity index (χ0) is 13.0. The minimum absolute atomic E-state index is 0.458. The predicted octanol–water partition coefficient (Wildman–Crippen LogP) is 4.42. The first-order chi connectivity index (χ1) is 8.72. The first-order valence-corrected chi connectivity index (χ1v) is 6.84. The van der Waals surface area contributed by atoms with Crippen molar-refractivity contribution in [2.45, 2.75) is 19.8 Å². The number of carbonyl (C=O) groups excluding carboxylic acids is 1. The molecular formula is C16H15BrO. The van der Waals surface area contributed by atoms with Gasteiger partial charge < -0.3 is 4.79 Å². The van der Waals surface area contributed by atoms with Crippen LogP contribution in [0.2, 0.25) is 0 Å². The zero-order valence-corrected chi connectivity index (χ0v) is 11.9. The molecule has 2 aromatic rings. The van der Waals surface area contributed by atoms with Crippen LogP contribution in [0.3, 0.4) is 0 Å². The molecule has 2 heteroatoms. The monoisotopic (exact) mass is 302 g/mol. The van der Waals surface area contributed by atoms with Crippen LogP contribution < -0.4 is 0 Å². The molecule has 0 N–H and O–H groups in total. The molecule has 18 heavy (non-hydrogen) atoms. The van der Waals surface area contributed by atoms with Gasteiger partial charge in [0.25, 0.3) is 0 Å². The van der Waals surface area contributed by atoms with Gasteiger partial charge in [-0.25, -0.2) is 0 Å². The van der Waals surface area contributed by atoms with Crippen molar-refractivity contribution in [1.29, 1.82) is 0 Å². The fourth-order valence-electron chi connectivity index (χ4n) is 1.96. The van der Waals surface area contributed by atoms with E-state index in [1.54, 1.807) is 0 Å². The Kier molecular flexibility index (Phi) is 4.32. The van der Waals surface area contributed by atoms with Crippen molar-refractivity contribution in [3.05, 3.63) is 58.1 Å². The van der Waals surface area contributed by atoms with Crippen molar-refractivity contribution in [3.63, 3.8) is 0 Å². The highest BCUT2D eigenvalue weighted by atomic mass is 79.9. The van der Waals surface area contributed by atoms with E-state index in [9.17, 15) is 4.79 Å². The highest BCUT2D eigenvalue weighted by molar-refractivity contribution is 9.10. The van der Waals surface area contributed by atoms with Crippen molar-refractivity contribution in [1.82, 2.24) is 0 Å². The molecule has 0 atom stereocenters. The molecule has 0 unspecified atom stereocenters. The van der Waals surface area contributed by atoms with Crippen LogP contribution in [-0.2, 0) is 17.6 Å². The van der Waals surface area contributed by atoms with Gasteiger partial charge in [-0.1, -0.05) is 53.2 Å². The van der Waals surface area contributed by atoms with Crippen LogP contribution in [0.15, 0.2) is 46.9 Å². The molecule has 0 bridgehead atoms. The van der Waals surface area contributed by atoms with Crippen LogP contribution in [0.4, 0.5) is 0 Å². The number of rotatable bonds is 4. The second-order valence-corrected chi connectivity index (χ2v) is 5.19. The van der Waals surface area contributed by atoms with E-state index in [1.165, 1.54) is 11.1 Å². The Labute approximate surface area is 116 Å². The fourth-order valence-corrected chi connectivity index (χ4v) is 2.50. The average Bonchev–Trinajstić information content (AvgIpc) is 2.38. The lowest BCUT2D eigenvalue weighted by Gasteiger charge is -2.06. The number of benzene rings is 2. The van der Waals surface area contributed by atoms with Crippen LogP contribution in [0.1, 0.15) is 18.1 Å². The fraction of sp³-hybridized carbons (Fsp3) is 0.188. The van der Waals surface area contributed by atoms with Crippen LogP contribution in [-0.4, -0.2) is 6.29 Å². The van der Waals surface area contributed by atoms with E-state index in [1.807, 2.05) is 6.07 Å². The second kappa shape index (κ2) is 5.96. The lowest BCUT2D eigenvalue weighted by Crippen LogP contribution is -1.88. The molecule has 0 amide bonds. The maximum absolute atomic E-state index is 10.6. The number of halogens is 1. The van der Waals surface area contributed by atoms with Gasteiger partial charge in [-0.2, -0.15) is 0 Å². The summed E-state index contributed by atoms with van der Waals surface area (Å²) in [6, 6.07) is 14.7. The number of hydrogen-bond donors (Lipinski definition) is 0. The molecule has 1 nitrogen and oxygen atoms in total. The summed E-state index contributed by atoms with van der Waals surface area (Å²) in [5.41, 5.74) is 4.69. The maximum Gasteiger partial charge on any atom is 0.124 e. The first-order valence-electron chi connectivity index (χ1n) is 6.05. The Morgan fingerprint density at radius 1 is 1.00 bits per heavy atom. The van der Waals surface area contributed by atoms with E-state index in [0.29, 0.717) is 6.42 Å². The summed E-state index contributed by atoms with van der Waals surface area (Å²) >= 11 is 3.49. The van der Waals surface area contributed by atoms with Gasteiger partial charge in [0.15, 0.2) is 0 Å². The molecule has 0 spiro atoms. The van der Waals surface area contributed by atoms with Gasteiger partial charge in [-0.15, -0.1) is 0 Å². The Bertz CT molecular complexity index is 544. The molecule has 0 aliphatic carbocycles. The third-order valence-electron chi connectivity index (χ3n) is 2.97. The summed E-state index contributed by atoms with van der Waals surface area (Å²) in [7, 11) is 0. The van der Waals surface area contributed by atoms with E-state index in [-0.39, 0.29) is 0 Å². The molecule has 2 aromatic carbocycles. The van der Waals surface area contributed by atoms with Gasteiger partial charge >= 0.3 is 0 Å². The molecule has 0 heterocycles. The highest BCUT2D eigenvalue weighted by Gasteiger charge is 2.02. The number of aryl methyl sites for hydroxylation is 1. The maximum atomic E-state index is 10.6. The largest absolute Gasteiger partial charge is 0.303 e. The molecule has 0 fully saturated rings. The molecule has 2 rings (SSSR count). The third-order valence-corrected chi connectivity index (χ3v) is 3.43. The Morgan fingerprint density at radius 3 is 2.33 bits per heavy atom. The molecule has 0 aromatic heterocycles. The van der Waals surface area contributed by atoms with E-state index in [0.717, 1.165) is 28.3 Å². The van der Waals surface area contributed by atoms with Gasteiger partial charge in [0.05, 0.1) is 0 Å². The van der Waals surface area contributed by atoms with E-state index < -0.39 is 0 Å². The molecule has 0 aliphatic rings. The summed E-state index contributed by atoms with van der Waals surface area (Å²) in [5, 5.41) is 0. The molecule has 92 valence electrons. The Morgan fingerprint density at radius 2 is 1.72 bits per heavy atom. The summed E-state index contributed by atoms with van der Waals surface area (Å²) in [5.74, 6) is 0. The molecule has 0 saturated carbocycles. The van der Waals surface area contributed by atoms with Crippen LogP contribution in [0.5, 0.6) is 0 Å². The molecule has 0 saturated heterocycles. The average molecular weight is 303 g/mol. The predicted molar refractivity (Wildman–Crippen MR) is 78.7 cm³/mol. The van der Waals surface area contributed by atoms with E-state index in [2.05, 4.69) is 59.3 Å². The highest BCUT2D eigenvalue weighted by Crippen LogP contribution is 2.25.